The molecule has 0 atom stereocenters. The van der Waals surface area contributed by atoms with Crippen LogP contribution in [0.15, 0.2) is 18.2 Å². The fourth-order valence-electron chi connectivity index (χ4n) is 3.39. The predicted octanol–water partition coefficient (Wildman–Crippen LogP) is 1.17. The number of carbonyl (C=O) groups excluding carboxylic acids is 4. The molecule has 1 aromatic rings. The maximum absolute atomic E-state index is 12.6. The summed E-state index contributed by atoms with van der Waals surface area (Å²) in [5.74, 6) is -0.538. The predicted molar refractivity (Wildman–Crippen MR) is 93.2 cm³/mol. The molecular weight excluding hydrogens is 354 g/mol. The van der Waals surface area contributed by atoms with Gasteiger partial charge in [0.1, 0.15) is 11.8 Å². The molecule has 4 amide bonds. The number of nitrogens with one attached hydrogen (secondary N) is 2. The second kappa shape index (κ2) is 7.65. The molecule has 1 aliphatic heterocycles. The van der Waals surface area contributed by atoms with Gasteiger partial charge in [0, 0.05) is 5.56 Å². The molecule has 144 valence electrons. The van der Waals surface area contributed by atoms with Crippen molar-refractivity contribution in [2.24, 2.45) is 0 Å². The lowest BCUT2D eigenvalue weighted by atomic mass is 9.82. The van der Waals surface area contributed by atoms with Gasteiger partial charge in [0.25, 0.3) is 11.8 Å². The first-order valence-corrected chi connectivity index (χ1v) is 8.71. The van der Waals surface area contributed by atoms with Gasteiger partial charge in [0.15, 0.2) is 18.1 Å². The fourth-order valence-corrected chi connectivity index (χ4v) is 3.39. The van der Waals surface area contributed by atoms with Gasteiger partial charge in [-0.1, -0.05) is 19.3 Å². The number of ether oxygens (including phenoxy) is 2. The van der Waals surface area contributed by atoms with Gasteiger partial charge in [0.05, 0.1) is 7.11 Å². The van der Waals surface area contributed by atoms with E-state index in [9.17, 15) is 19.2 Å². The molecule has 2 N–H and O–H groups in total. The Kier molecular flexibility index (Phi) is 5.29. The van der Waals surface area contributed by atoms with E-state index in [1.54, 1.807) is 0 Å². The Bertz CT molecular complexity index is 772. The molecule has 1 saturated carbocycles. The number of methoxy groups -OCH3 is 1. The van der Waals surface area contributed by atoms with Gasteiger partial charge in [0.2, 0.25) is 0 Å². The average molecular weight is 375 g/mol. The van der Waals surface area contributed by atoms with Crippen LogP contribution in [0.2, 0.25) is 0 Å². The average Bonchev–Trinajstić information content (AvgIpc) is 2.90. The number of imide groups is 1. The highest BCUT2D eigenvalue weighted by Gasteiger charge is 2.52. The Morgan fingerprint density at radius 1 is 1.26 bits per heavy atom. The first-order chi connectivity index (χ1) is 13.0. The van der Waals surface area contributed by atoms with Crippen molar-refractivity contribution in [1.29, 1.82) is 0 Å². The summed E-state index contributed by atoms with van der Waals surface area (Å²) in [5.41, 5.74) is 1.79. The third kappa shape index (κ3) is 3.71. The zero-order valence-electron chi connectivity index (χ0n) is 14.9. The molecule has 0 unspecified atom stereocenters. The summed E-state index contributed by atoms with van der Waals surface area (Å²) in [6, 6.07) is 3.86. The zero-order chi connectivity index (χ0) is 19.4. The van der Waals surface area contributed by atoms with Crippen LogP contribution in [0.5, 0.6) is 11.5 Å². The molecule has 0 bridgehead atoms. The van der Waals surface area contributed by atoms with E-state index in [0.717, 1.165) is 24.3 Å². The summed E-state index contributed by atoms with van der Waals surface area (Å²) in [5, 5.41) is 3.43. The zero-order valence-corrected chi connectivity index (χ0v) is 14.9. The Labute approximate surface area is 156 Å². The van der Waals surface area contributed by atoms with Crippen LogP contribution in [-0.2, 0) is 9.59 Å². The molecule has 9 heteroatoms. The summed E-state index contributed by atoms with van der Waals surface area (Å²) in [6.07, 6.45) is 4.54. The van der Waals surface area contributed by atoms with Gasteiger partial charge in [-0.05, 0) is 31.0 Å². The molecule has 1 saturated heterocycles. The number of urea groups is 1. The Morgan fingerprint density at radius 2 is 2.00 bits per heavy atom. The van der Waals surface area contributed by atoms with Crippen molar-refractivity contribution in [2.45, 2.75) is 37.6 Å². The number of aldehydes is 1. The molecule has 1 aliphatic carbocycles. The molecule has 2 aliphatic rings. The van der Waals surface area contributed by atoms with Crippen molar-refractivity contribution in [2.75, 3.05) is 13.7 Å². The highest BCUT2D eigenvalue weighted by molar-refractivity contribution is 6.08. The quantitative estimate of drug-likeness (QED) is 0.570. The van der Waals surface area contributed by atoms with Gasteiger partial charge in [-0.15, -0.1) is 0 Å². The molecule has 9 nitrogen and oxygen atoms in total. The number of benzene rings is 1. The van der Waals surface area contributed by atoms with Crippen LogP contribution in [0.25, 0.3) is 0 Å². The molecule has 0 radical (unpaired) electrons. The standard InChI is InChI=1S/C18H21N3O6/c1-26-14-9-12(10-22)5-6-13(14)27-11-15(23)20-21-16(24)18(19-17(21)25)7-3-2-4-8-18/h5-6,9-10H,2-4,7-8,11H2,1H3,(H,19,25)(H,20,23). The van der Waals surface area contributed by atoms with Crippen LogP contribution in [0, 0.1) is 0 Å². The van der Waals surface area contributed by atoms with Crippen molar-refractivity contribution in [3.05, 3.63) is 23.8 Å². The Balaban J connectivity index is 1.60. The first kappa shape index (κ1) is 18.7. The van der Waals surface area contributed by atoms with E-state index in [1.165, 1.54) is 25.3 Å². The Hall–Kier alpha value is -3.10. The van der Waals surface area contributed by atoms with E-state index in [0.29, 0.717) is 30.4 Å². The van der Waals surface area contributed by atoms with Crippen molar-refractivity contribution in [3.63, 3.8) is 0 Å². The van der Waals surface area contributed by atoms with Crippen molar-refractivity contribution in [1.82, 2.24) is 15.8 Å². The Morgan fingerprint density at radius 3 is 2.67 bits per heavy atom. The molecule has 1 heterocycles. The van der Waals surface area contributed by atoms with Gasteiger partial charge >= 0.3 is 6.03 Å². The number of amides is 4. The monoisotopic (exact) mass is 375 g/mol. The first-order valence-electron chi connectivity index (χ1n) is 8.71. The number of hydrogen-bond acceptors (Lipinski definition) is 6. The highest BCUT2D eigenvalue weighted by Crippen LogP contribution is 2.33. The van der Waals surface area contributed by atoms with Gasteiger partial charge in [-0.25, -0.2) is 4.79 Å². The lowest BCUT2D eigenvalue weighted by molar-refractivity contribution is -0.140. The summed E-state index contributed by atoms with van der Waals surface area (Å²) < 4.78 is 10.5. The second-order valence-electron chi connectivity index (χ2n) is 6.57. The smallest absolute Gasteiger partial charge is 0.344 e. The summed E-state index contributed by atoms with van der Waals surface area (Å²) in [7, 11) is 1.41. The molecule has 1 aromatic carbocycles. The van der Waals surface area contributed by atoms with E-state index in [-0.39, 0.29) is 5.75 Å². The summed E-state index contributed by atoms with van der Waals surface area (Å²) >= 11 is 0. The van der Waals surface area contributed by atoms with Crippen LogP contribution in [-0.4, -0.2) is 48.4 Å². The topological polar surface area (TPSA) is 114 Å². The molecule has 1 spiro atoms. The third-order valence-electron chi connectivity index (χ3n) is 4.79. The molecule has 27 heavy (non-hydrogen) atoms. The van der Waals surface area contributed by atoms with E-state index in [2.05, 4.69) is 10.7 Å². The molecule has 0 aromatic heterocycles. The van der Waals surface area contributed by atoms with Crippen molar-refractivity contribution >= 4 is 24.1 Å². The number of carbonyl (C=O) groups is 4. The lowest BCUT2D eigenvalue weighted by Crippen LogP contribution is -2.51. The SMILES string of the molecule is COc1cc(C=O)ccc1OCC(=O)NN1C(=O)NC2(CCCCC2)C1=O. The summed E-state index contributed by atoms with van der Waals surface area (Å²) in [4.78, 5) is 47.7. The highest BCUT2D eigenvalue weighted by atomic mass is 16.5. The van der Waals surface area contributed by atoms with E-state index < -0.39 is 30.0 Å². The maximum Gasteiger partial charge on any atom is 0.344 e. The lowest BCUT2D eigenvalue weighted by Gasteiger charge is -2.30. The largest absolute Gasteiger partial charge is 0.493 e. The van der Waals surface area contributed by atoms with E-state index in [4.69, 9.17) is 9.47 Å². The minimum absolute atomic E-state index is 0.263. The molecular formula is C18H21N3O6. The number of hydrogen-bond donors (Lipinski definition) is 2. The van der Waals surface area contributed by atoms with Crippen LogP contribution >= 0.6 is 0 Å². The van der Waals surface area contributed by atoms with Gasteiger partial charge in [-0.3, -0.25) is 19.8 Å². The molecule has 3 rings (SSSR count). The van der Waals surface area contributed by atoms with E-state index >= 15 is 0 Å². The second-order valence-corrected chi connectivity index (χ2v) is 6.57. The van der Waals surface area contributed by atoms with Crippen LogP contribution in [0.4, 0.5) is 4.79 Å². The normalized spacial score (nSPS) is 18.2. The van der Waals surface area contributed by atoms with Crippen molar-refractivity contribution < 1.29 is 28.7 Å². The number of hydrazine groups is 1. The molecule has 2 fully saturated rings. The summed E-state index contributed by atoms with van der Waals surface area (Å²) in [6.45, 7) is -0.430. The van der Waals surface area contributed by atoms with Gasteiger partial charge in [-0.2, -0.15) is 5.01 Å². The van der Waals surface area contributed by atoms with Crippen LogP contribution < -0.4 is 20.2 Å². The fraction of sp³-hybridized carbons (Fsp3) is 0.444. The third-order valence-corrected chi connectivity index (χ3v) is 4.79. The van der Waals surface area contributed by atoms with Crippen molar-refractivity contribution in [3.8, 4) is 11.5 Å². The number of rotatable bonds is 6. The van der Waals surface area contributed by atoms with Gasteiger partial charge < -0.3 is 14.8 Å². The minimum Gasteiger partial charge on any atom is -0.493 e. The van der Waals surface area contributed by atoms with Crippen LogP contribution in [0.1, 0.15) is 42.5 Å². The minimum atomic E-state index is -0.905. The van der Waals surface area contributed by atoms with E-state index in [1.807, 2.05) is 0 Å². The maximum atomic E-state index is 12.6. The number of nitrogens with zero attached hydrogens (tertiary/aromatic N) is 1. The van der Waals surface area contributed by atoms with Crippen LogP contribution in [0.3, 0.4) is 0 Å².